The van der Waals surface area contributed by atoms with E-state index in [4.69, 9.17) is 4.74 Å². The van der Waals surface area contributed by atoms with Gasteiger partial charge in [0.15, 0.2) is 0 Å². The molecular weight excluding hydrogens is 308 g/mol. The smallest absolute Gasteiger partial charge is 0.270 e. The van der Waals surface area contributed by atoms with Crippen molar-refractivity contribution < 1.29 is 14.5 Å². The number of carbonyl (C=O) groups is 1. The van der Waals surface area contributed by atoms with Gasteiger partial charge in [-0.1, -0.05) is 31.4 Å². The highest BCUT2D eigenvalue weighted by Gasteiger charge is 2.12. The van der Waals surface area contributed by atoms with E-state index in [0.29, 0.717) is 24.8 Å². The Bertz CT molecular complexity index is 580. The predicted octanol–water partition coefficient (Wildman–Crippen LogP) is 3.46. The maximum absolute atomic E-state index is 11.7. The van der Waals surface area contributed by atoms with Gasteiger partial charge in [-0.25, -0.2) is 0 Å². The first-order chi connectivity index (χ1) is 11.6. The normalized spacial score (nSPS) is 15.5. The zero-order valence-electron chi connectivity index (χ0n) is 13.8. The molecular formula is C18H24N2O4. The van der Waals surface area contributed by atoms with Crippen LogP contribution in [0.25, 0.3) is 6.08 Å². The van der Waals surface area contributed by atoms with Crippen LogP contribution in [0.4, 0.5) is 5.69 Å². The predicted molar refractivity (Wildman–Crippen MR) is 92.6 cm³/mol. The van der Waals surface area contributed by atoms with Crippen molar-refractivity contribution in [1.29, 1.82) is 0 Å². The van der Waals surface area contributed by atoms with E-state index in [1.807, 2.05) is 0 Å². The van der Waals surface area contributed by atoms with Crippen molar-refractivity contribution in [1.82, 2.24) is 5.32 Å². The Hall–Kier alpha value is -2.21. The molecule has 1 aliphatic carbocycles. The highest BCUT2D eigenvalue weighted by Crippen LogP contribution is 2.20. The third kappa shape index (κ3) is 6.50. The molecule has 1 fully saturated rings. The van der Waals surface area contributed by atoms with E-state index < -0.39 is 4.92 Å². The zero-order chi connectivity index (χ0) is 17.2. The summed E-state index contributed by atoms with van der Waals surface area (Å²) in [7, 11) is 0. The van der Waals surface area contributed by atoms with Crippen LogP contribution >= 0.6 is 0 Å². The third-order valence-electron chi connectivity index (χ3n) is 4.03. The van der Waals surface area contributed by atoms with Crippen LogP contribution in [0.15, 0.2) is 30.3 Å². The quantitative estimate of drug-likeness (QED) is 0.342. The molecule has 1 amide bonds. The average Bonchev–Trinajstić information content (AvgIpc) is 2.61. The fraction of sp³-hybridized carbons (Fsp3) is 0.500. The molecule has 1 saturated carbocycles. The van der Waals surface area contributed by atoms with Gasteiger partial charge in [-0.2, -0.15) is 0 Å². The lowest BCUT2D eigenvalue weighted by molar-refractivity contribution is -0.384. The van der Waals surface area contributed by atoms with Crippen LogP contribution in [0.1, 0.15) is 44.1 Å². The molecule has 1 aromatic rings. The molecule has 0 spiro atoms. The van der Waals surface area contributed by atoms with Gasteiger partial charge < -0.3 is 10.1 Å². The second kappa shape index (κ2) is 9.82. The summed E-state index contributed by atoms with van der Waals surface area (Å²) < 4.78 is 5.80. The first-order valence-corrected chi connectivity index (χ1v) is 8.47. The number of rotatable bonds is 8. The number of hydrogen-bond acceptors (Lipinski definition) is 4. The summed E-state index contributed by atoms with van der Waals surface area (Å²) in [6, 6.07) is 6.17. The molecule has 130 valence electrons. The summed E-state index contributed by atoms with van der Waals surface area (Å²) in [4.78, 5) is 22.0. The summed E-state index contributed by atoms with van der Waals surface area (Å²) in [6.45, 7) is 1.23. The number of nitrogens with zero attached hydrogens (tertiary/aromatic N) is 1. The molecule has 0 unspecified atom stereocenters. The van der Waals surface area contributed by atoms with Crippen LogP contribution in [0, 0.1) is 10.1 Å². The number of benzene rings is 1. The van der Waals surface area contributed by atoms with Crippen LogP contribution in [0.5, 0.6) is 0 Å². The highest BCUT2D eigenvalue weighted by molar-refractivity contribution is 5.91. The van der Waals surface area contributed by atoms with Gasteiger partial charge in [-0.3, -0.25) is 14.9 Å². The van der Waals surface area contributed by atoms with Crippen molar-refractivity contribution in [3.63, 3.8) is 0 Å². The second-order valence-electron chi connectivity index (χ2n) is 5.96. The first kappa shape index (κ1) is 18.1. The maximum atomic E-state index is 11.7. The molecule has 0 radical (unpaired) electrons. The molecule has 0 atom stereocenters. The molecule has 0 saturated heterocycles. The van der Waals surface area contributed by atoms with E-state index in [1.54, 1.807) is 18.2 Å². The number of nitro benzene ring substituents is 1. The number of amides is 1. The Morgan fingerprint density at radius 3 is 2.88 bits per heavy atom. The van der Waals surface area contributed by atoms with Crippen LogP contribution in [0.2, 0.25) is 0 Å². The van der Waals surface area contributed by atoms with Crippen molar-refractivity contribution in [3.8, 4) is 0 Å². The molecule has 0 aliphatic heterocycles. The lowest BCUT2D eigenvalue weighted by atomic mass is 9.98. The van der Waals surface area contributed by atoms with Gasteiger partial charge in [-0.15, -0.1) is 0 Å². The molecule has 0 aromatic heterocycles. The minimum atomic E-state index is -0.455. The van der Waals surface area contributed by atoms with E-state index in [0.717, 1.165) is 19.3 Å². The number of non-ortho nitro benzene ring substituents is 1. The van der Waals surface area contributed by atoms with E-state index in [9.17, 15) is 14.9 Å². The highest BCUT2D eigenvalue weighted by atomic mass is 16.6. The fourth-order valence-electron chi connectivity index (χ4n) is 2.74. The summed E-state index contributed by atoms with van der Waals surface area (Å²) in [5.41, 5.74) is 0.636. The summed E-state index contributed by atoms with van der Waals surface area (Å²) in [6.07, 6.45) is 10.3. The topological polar surface area (TPSA) is 81.5 Å². The van der Waals surface area contributed by atoms with Crippen molar-refractivity contribution in [2.24, 2.45) is 0 Å². The molecule has 24 heavy (non-hydrogen) atoms. The van der Waals surface area contributed by atoms with Gasteiger partial charge in [-0.05, 0) is 30.9 Å². The monoisotopic (exact) mass is 332 g/mol. The SMILES string of the molecule is O=C(/C=C/c1cccc([N+](=O)[O-])c1)NCCCOC1CCCCC1. The molecule has 1 aliphatic rings. The fourth-order valence-corrected chi connectivity index (χ4v) is 2.74. The summed E-state index contributed by atoms with van der Waals surface area (Å²) in [5.74, 6) is -0.209. The Labute approximate surface area is 142 Å². The minimum absolute atomic E-state index is 0.0115. The van der Waals surface area contributed by atoms with Gasteiger partial charge >= 0.3 is 0 Å². The lowest BCUT2D eigenvalue weighted by Crippen LogP contribution is -2.24. The molecule has 6 nitrogen and oxygen atoms in total. The van der Waals surface area contributed by atoms with Gasteiger partial charge in [0.05, 0.1) is 11.0 Å². The largest absolute Gasteiger partial charge is 0.378 e. The Kier molecular flexibility index (Phi) is 7.42. The average molecular weight is 332 g/mol. The van der Waals surface area contributed by atoms with Gasteiger partial charge in [0.25, 0.3) is 5.69 Å². The van der Waals surface area contributed by atoms with Crippen LogP contribution < -0.4 is 5.32 Å². The molecule has 0 heterocycles. The molecule has 2 rings (SSSR count). The molecule has 0 bridgehead atoms. The molecule has 1 aromatic carbocycles. The van der Waals surface area contributed by atoms with E-state index in [1.165, 1.54) is 37.5 Å². The first-order valence-electron chi connectivity index (χ1n) is 8.47. The molecule has 6 heteroatoms. The number of ether oxygens (including phenoxy) is 1. The van der Waals surface area contributed by atoms with Crippen molar-refractivity contribution >= 4 is 17.7 Å². The maximum Gasteiger partial charge on any atom is 0.270 e. The van der Waals surface area contributed by atoms with Crippen LogP contribution in [0.3, 0.4) is 0 Å². The van der Waals surface area contributed by atoms with E-state index in [2.05, 4.69) is 5.32 Å². The minimum Gasteiger partial charge on any atom is -0.378 e. The number of nitro groups is 1. The lowest BCUT2D eigenvalue weighted by Gasteiger charge is -2.21. The summed E-state index contributed by atoms with van der Waals surface area (Å²) in [5, 5.41) is 13.5. The van der Waals surface area contributed by atoms with Crippen molar-refractivity contribution in [3.05, 3.63) is 46.0 Å². The Morgan fingerprint density at radius 2 is 2.12 bits per heavy atom. The van der Waals surface area contributed by atoms with Crippen molar-refractivity contribution in [2.75, 3.05) is 13.2 Å². The Balaban J connectivity index is 1.63. The standard InChI is InChI=1S/C18H24N2O4/c21-18(11-10-15-6-4-7-16(14-15)20(22)23)19-12-5-13-24-17-8-2-1-3-9-17/h4,6-7,10-11,14,17H,1-3,5,8-9,12-13H2,(H,19,21)/b11-10+. The third-order valence-corrected chi connectivity index (χ3v) is 4.03. The van der Waals surface area contributed by atoms with Gasteiger partial charge in [0.2, 0.25) is 5.91 Å². The summed E-state index contributed by atoms with van der Waals surface area (Å²) >= 11 is 0. The van der Waals surface area contributed by atoms with Crippen LogP contribution in [-0.4, -0.2) is 30.1 Å². The van der Waals surface area contributed by atoms with Crippen LogP contribution in [-0.2, 0) is 9.53 Å². The number of nitrogens with one attached hydrogen (secondary N) is 1. The van der Waals surface area contributed by atoms with Gasteiger partial charge in [0.1, 0.15) is 0 Å². The number of hydrogen-bond donors (Lipinski definition) is 1. The zero-order valence-corrected chi connectivity index (χ0v) is 13.8. The number of carbonyl (C=O) groups excluding carboxylic acids is 1. The Morgan fingerprint density at radius 1 is 1.33 bits per heavy atom. The van der Waals surface area contributed by atoms with Crippen molar-refractivity contribution in [2.45, 2.75) is 44.6 Å². The molecule has 1 N–H and O–H groups in total. The van der Waals surface area contributed by atoms with E-state index in [-0.39, 0.29) is 11.6 Å². The van der Waals surface area contributed by atoms with Gasteiger partial charge in [0, 0.05) is 31.4 Å². The second-order valence-corrected chi connectivity index (χ2v) is 5.96. The van der Waals surface area contributed by atoms with E-state index >= 15 is 0 Å².